The van der Waals surface area contributed by atoms with Gasteiger partial charge in [0, 0.05) is 13.3 Å². The van der Waals surface area contributed by atoms with Gasteiger partial charge in [0.2, 0.25) is 5.91 Å². The summed E-state index contributed by atoms with van der Waals surface area (Å²) in [6.45, 7) is -0.741. The second kappa shape index (κ2) is 10.6. The van der Waals surface area contributed by atoms with Crippen LogP contribution in [0.25, 0.3) is 0 Å². The number of carboxylic acids is 1. The topological polar surface area (TPSA) is 256 Å². The second-order valence-electron chi connectivity index (χ2n) is 7.69. The molecule has 2 heterocycles. The van der Waals surface area contributed by atoms with Crippen LogP contribution in [-0.2, 0) is 23.8 Å². The van der Waals surface area contributed by atoms with Gasteiger partial charge in [-0.05, 0) is 0 Å². The summed E-state index contributed by atoms with van der Waals surface area (Å²) in [7, 11) is 0. The van der Waals surface area contributed by atoms with Crippen molar-refractivity contribution in [3.8, 4) is 0 Å². The lowest BCUT2D eigenvalue weighted by atomic mass is 9.88. The smallest absolute Gasteiger partial charge is 0.364 e. The summed E-state index contributed by atoms with van der Waals surface area (Å²) >= 11 is 0. The van der Waals surface area contributed by atoms with Crippen LogP contribution in [0.3, 0.4) is 0 Å². The fourth-order valence-electron chi connectivity index (χ4n) is 3.67. The van der Waals surface area contributed by atoms with Gasteiger partial charge in [0.15, 0.2) is 6.29 Å². The highest BCUT2D eigenvalue weighted by atomic mass is 16.7. The third-order valence-electron chi connectivity index (χ3n) is 5.35. The molecule has 0 unspecified atom stereocenters. The summed E-state index contributed by atoms with van der Waals surface area (Å²) in [5.41, 5.74) is 0. The molecule has 1 amide bonds. The molecular formula is C17H29NO14. The number of aliphatic carboxylic acids is 1. The largest absolute Gasteiger partial charge is 0.477 e. The molecule has 2 fully saturated rings. The Morgan fingerprint density at radius 2 is 1.78 bits per heavy atom. The Balaban J connectivity index is 2.42. The van der Waals surface area contributed by atoms with Crippen molar-refractivity contribution < 1.29 is 69.8 Å². The minimum atomic E-state index is -2.86. The molecule has 0 aliphatic carbocycles. The van der Waals surface area contributed by atoms with Gasteiger partial charge in [0.1, 0.15) is 42.7 Å². The predicted molar refractivity (Wildman–Crippen MR) is 97.4 cm³/mol. The van der Waals surface area contributed by atoms with Gasteiger partial charge < -0.3 is 65.5 Å². The first-order chi connectivity index (χ1) is 14.9. The van der Waals surface area contributed by atoms with Crippen LogP contribution in [0, 0.1) is 0 Å². The van der Waals surface area contributed by atoms with Crippen molar-refractivity contribution >= 4 is 11.9 Å². The lowest BCUT2D eigenvalue weighted by Gasteiger charge is -2.49. The molecule has 0 aromatic heterocycles. The van der Waals surface area contributed by atoms with Crippen LogP contribution in [0.4, 0.5) is 0 Å². The normalized spacial score (nSPS) is 42.2. The zero-order valence-corrected chi connectivity index (χ0v) is 17.0. The number of carbonyl (C=O) groups is 2. The Kier molecular flexibility index (Phi) is 8.88. The molecule has 2 aliphatic rings. The fraction of sp³-hybridized carbons (Fsp3) is 0.882. The van der Waals surface area contributed by atoms with Crippen LogP contribution in [0.15, 0.2) is 0 Å². The first-order valence-corrected chi connectivity index (χ1v) is 9.70. The summed E-state index contributed by atoms with van der Waals surface area (Å²) in [6.07, 6.45) is -17.6. The molecule has 11 atom stereocenters. The Morgan fingerprint density at radius 3 is 2.28 bits per heavy atom. The maximum atomic E-state index is 12.1. The van der Waals surface area contributed by atoms with E-state index in [1.165, 1.54) is 0 Å². The van der Waals surface area contributed by atoms with Crippen molar-refractivity contribution in [3.05, 3.63) is 0 Å². The van der Waals surface area contributed by atoms with E-state index in [1.54, 1.807) is 0 Å². The van der Waals surface area contributed by atoms with E-state index < -0.39 is 98.5 Å². The number of hydrogen-bond donors (Lipinski definition) is 10. The number of carboxylic acid groups (broad SMARTS) is 1. The highest BCUT2D eigenvalue weighted by molar-refractivity contribution is 5.76. The number of aliphatic hydroxyl groups is 8. The Bertz CT molecular complexity index is 665. The van der Waals surface area contributed by atoms with Crippen molar-refractivity contribution in [2.75, 3.05) is 13.2 Å². The van der Waals surface area contributed by atoms with E-state index in [4.69, 9.17) is 19.3 Å². The summed E-state index contributed by atoms with van der Waals surface area (Å²) in [4.78, 5) is 23.6. The van der Waals surface area contributed by atoms with Crippen LogP contribution >= 0.6 is 0 Å². The number of nitrogens with one attached hydrogen (secondary N) is 1. The van der Waals surface area contributed by atoms with Crippen molar-refractivity contribution in [1.29, 1.82) is 0 Å². The monoisotopic (exact) mass is 471 g/mol. The van der Waals surface area contributed by atoms with Gasteiger partial charge >= 0.3 is 5.97 Å². The summed E-state index contributed by atoms with van der Waals surface area (Å²) in [5, 5.41) is 91.5. The van der Waals surface area contributed by atoms with Crippen LogP contribution in [0.1, 0.15) is 13.3 Å². The third kappa shape index (κ3) is 5.35. The number of carbonyl (C=O) groups excluding carboxylic acids is 1. The van der Waals surface area contributed by atoms with E-state index in [-0.39, 0.29) is 0 Å². The third-order valence-corrected chi connectivity index (χ3v) is 5.35. The molecule has 0 bridgehead atoms. The molecule has 32 heavy (non-hydrogen) atoms. The van der Waals surface area contributed by atoms with Gasteiger partial charge in [-0.1, -0.05) is 0 Å². The molecule has 2 aliphatic heterocycles. The number of hydrogen-bond acceptors (Lipinski definition) is 13. The zero-order valence-electron chi connectivity index (χ0n) is 17.0. The molecule has 0 spiro atoms. The molecule has 0 saturated carbocycles. The standard InChI is InChI=1S/C17H29NO14/c1-5(21)18-9-6(22)2-17(16(28)29,31-13(9)10(24)7(23)3-19)32-14-11(25)8(4-20)30-15(27)12(14)26/h6-15,19-20,22-27H,2-4H2,1H3,(H,18,21)(H,28,29)/t6-,7-,8+,9-,10-,11+,12+,13-,14-,15+,17+/m1/s1. The highest BCUT2D eigenvalue weighted by Crippen LogP contribution is 2.37. The number of amides is 1. The molecule has 0 aromatic rings. The SMILES string of the molecule is CC(=O)N[C@H]1[C@H]([C@H](O)[C@H](O)CO)O[C@@](O[C@@H]2[C@@H](O)[C@H](CO)O[C@H](O)[C@H]2O)(C(=O)O)C[C@H]1O. The number of rotatable bonds is 8. The van der Waals surface area contributed by atoms with Crippen LogP contribution in [0.2, 0.25) is 0 Å². The summed E-state index contributed by atoms with van der Waals surface area (Å²) < 4.78 is 15.5. The van der Waals surface area contributed by atoms with Gasteiger partial charge in [-0.3, -0.25) is 4.79 Å². The lowest BCUT2D eigenvalue weighted by molar-refractivity contribution is -0.366. The first kappa shape index (κ1) is 26.7. The van der Waals surface area contributed by atoms with Gasteiger partial charge in [-0.25, -0.2) is 4.79 Å². The molecule has 10 N–H and O–H groups in total. The number of aliphatic hydroxyl groups excluding tert-OH is 8. The van der Waals surface area contributed by atoms with Gasteiger partial charge in [-0.15, -0.1) is 0 Å². The van der Waals surface area contributed by atoms with E-state index in [0.717, 1.165) is 6.92 Å². The average molecular weight is 471 g/mol. The van der Waals surface area contributed by atoms with Gasteiger partial charge in [0.05, 0.1) is 25.4 Å². The first-order valence-electron chi connectivity index (χ1n) is 9.70. The van der Waals surface area contributed by atoms with Crippen LogP contribution in [-0.4, -0.2) is 138 Å². The summed E-state index contributed by atoms with van der Waals surface area (Å²) in [6, 6.07) is -1.44. The molecule has 0 aromatic carbocycles. The van der Waals surface area contributed by atoms with E-state index in [9.17, 15) is 50.4 Å². The Labute approximate surface area is 181 Å². The quantitative estimate of drug-likeness (QED) is 0.158. The molecule has 2 saturated heterocycles. The minimum absolute atomic E-state index is 0.693. The molecule has 2 rings (SSSR count). The molecule has 186 valence electrons. The predicted octanol–water partition coefficient (Wildman–Crippen LogP) is -6.05. The molecule has 0 radical (unpaired) electrons. The Hall–Kier alpha value is -1.50. The maximum absolute atomic E-state index is 12.1. The van der Waals surface area contributed by atoms with Crippen LogP contribution < -0.4 is 5.32 Å². The number of ether oxygens (including phenoxy) is 3. The van der Waals surface area contributed by atoms with Crippen molar-refractivity contribution in [1.82, 2.24) is 5.32 Å². The summed E-state index contributed by atoms with van der Waals surface area (Å²) in [5.74, 6) is -5.44. The Morgan fingerprint density at radius 1 is 1.16 bits per heavy atom. The molecule has 15 nitrogen and oxygen atoms in total. The van der Waals surface area contributed by atoms with Gasteiger partial charge in [-0.2, -0.15) is 0 Å². The second-order valence-corrected chi connectivity index (χ2v) is 7.69. The van der Waals surface area contributed by atoms with E-state index in [1.807, 2.05) is 0 Å². The fourth-order valence-corrected chi connectivity index (χ4v) is 3.67. The lowest BCUT2D eigenvalue weighted by Crippen LogP contribution is -2.70. The van der Waals surface area contributed by atoms with Crippen molar-refractivity contribution in [2.45, 2.75) is 80.3 Å². The van der Waals surface area contributed by atoms with E-state index in [0.29, 0.717) is 0 Å². The van der Waals surface area contributed by atoms with Crippen molar-refractivity contribution in [2.24, 2.45) is 0 Å². The average Bonchev–Trinajstić information content (AvgIpc) is 2.73. The highest BCUT2D eigenvalue weighted by Gasteiger charge is 2.59. The molecule has 15 heteroatoms. The van der Waals surface area contributed by atoms with E-state index in [2.05, 4.69) is 5.32 Å². The van der Waals surface area contributed by atoms with Gasteiger partial charge in [0.25, 0.3) is 5.79 Å². The van der Waals surface area contributed by atoms with E-state index >= 15 is 0 Å². The van der Waals surface area contributed by atoms with Crippen LogP contribution in [0.5, 0.6) is 0 Å². The minimum Gasteiger partial charge on any atom is -0.477 e. The maximum Gasteiger partial charge on any atom is 0.364 e. The van der Waals surface area contributed by atoms with Crippen molar-refractivity contribution in [3.63, 3.8) is 0 Å². The zero-order chi connectivity index (χ0) is 24.4. The molecular weight excluding hydrogens is 442 g/mol.